The van der Waals surface area contributed by atoms with Crippen molar-refractivity contribution >= 4 is 23.7 Å². The number of fused-ring (bicyclic) bond motifs is 1. The van der Waals surface area contributed by atoms with Gasteiger partial charge < -0.3 is 5.32 Å². The average molecular weight is 274 g/mol. The Balaban J connectivity index is 0.00000108. The summed E-state index contributed by atoms with van der Waals surface area (Å²) >= 11 is 1.80. The van der Waals surface area contributed by atoms with Crippen molar-refractivity contribution in [2.24, 2.45) is 11.8 Å². The molecule has 2 saturated heterocycles. The molecule has 2 fully saturated rings. The topological polar surface area (TPSA) is 28.2 Å². The van der Waals surface area contributed by atoms with Crippen molar-refractivity contribution in [1.82, 2.24) is 15.2 Å². The van der Waals surface area contributed by atoms with Crippen molar-refractivity contribution in [1.29, 1.82) is 0 Å². The second-order valence-electron chi connectivity index (χ2n) is 4.96. The molecular weight excluding hydrogens is 254 g/mol. The van der Waals surface area contributed by atoms with Crippen LogP contribution in [0.15, 0.2) is 5.38 Å². The lowest BCUT2D eigenvalue weighted by Crippen LogP contribution is -2.25. The average Bonchev–Trinajstić information content (AvgIpc) is 2.92. The molecule has 0 saturated carbocycles. The zero-order chi connectivity index (χ0) is 11.0. The monoisotopic (exact) mass is 273 g/mol. The van der Waals surface area contributed by atoms with Gasteiger partial charge in [0.05, 0.1) is 10.7 Å². The normalized spacial score (nSPS) is 28.1. The number of halogens is 1. The van der Waals surface area contributed by atoms with Crippen LogP contribution in [-0.4, -0.2) is 36.1 Å². The molecule has 5 heteroatoms. The first-order chi connectivity index (χ1) is 7.85. The van der Waals surface area contributed by atoms with Gasteiger partial charge in [0.2, 0.25) is 0 Å². The summed E-state index contributed by atoms with van der Waals surface area (Å²) in [6, 6.07) is 0. The van der Waals surface area contributed by atoms with Gasteiger partial charge in [-0.1, -0.05) is 6.92 Å². The Kier molecular flexibility index (Phi) is 4.42. The maximum Gasteiger partial charge on any atom is 0.0926 e. The highest BCUT2D eigenvalue weighted by Gasteiger charge is 2.35. The number of nitrogens with one attached hydrogen (secondary N) is 1. The van der Waals surface area contributed by atoms with Crippen molar-refractivity contribution in [3.05, 3.63) is 16.1 Å². The lowest BCUT2D eigenvalue weighted by Gasteiger charge is -2.15. The molecule has 3 nitrogen and oxygen atoms in total. The second-order valence-corrected chi connectivity index (χ2v) is 5.90. The van der Waals surface area contributed by atoms with E-state index >= 15 is 0 Å². The van der Waals surface area contributed by atoms with Crippen LogP contribution in [-0.2, 0) is 13.0 Å². The Morgan fingerprint density at radius 2 is 2.12 bits per heavy atom. The Labute approximate surface area is 113 Å². The summed E-state index contributed by atoms with van der Waals surface area (Å²) < 4.78 is 0. The summed E-state index contributed by atoms with van der Waals surface area (Å²) in [5.74, 6) is 1.79. The molecule has 0 aliphatic carbocycles. The number of rotatable bonds is 3. The van der Waals surface area contributed by atoms with Gasteiger partial charge in [0, 0.05) is 25.0 Å². The standard InChI is InChI=1S/C12H19N3S.ClH/c1-2-12-14-11(8-16-12)7-15-5-9-3-13-4-10(9)6-15;/h8-10,13H,2-7H2,1H3;1H/t9-,10+;. The van der Waals surface area contributed by atoms with Crippen LogP contribution in [0.5, 0.6) is 0 Å². The van der Waals surface area contributed by atoms with E-state index in [4.69, 9.17) is 0 Å². The summed E-state index contributed by atoms with van der Waals surface area (Å²) in [7, 11) is 0. The molecule has 17 heavy (non-hydrogen) atoms. The van der Waals surface area contributed by atoms with Gasteiger partial charge in [-0.15, -0.1) is 23.7 Å². The Hall–Kier alpha value is -0.160. The van der Waals surface area contributed by atoms with Crippen molar-refractivity contribution in [3.8, 4) is 0 Å². The van der Waals surface area contributed by atoms with Crippen LogP contribution in [0, 0.1) is 11.8 Å². The van der Waals surface area contributed by atoms with Gasteiger partial charge in [0.1, 0.15) is 0 Å². The lowest BCUT2D eigenvalue weighted by atomic mass is 10.0. The molecule has 0 radical (unpaired) electrons. The van der Waals surface area contributed by atoms with E-state index in [1.165, 1.54) is 36.9 Å². The zero-order valence-electron chi connectivity index (χ0n) is 10.2. The van der Waals surface area contributed by atoms with Gasteiger partial charge >= 0.3 is 0 Å². The lowest BCUT2D eigenvalue weighted by molar-refractivity contribution is 0.302. The van der Waals surface area contributed by atoms with Crippen LogP contribution in [0.4, 0.5) is 0 Å². The summed E-state index contributed by atoms with van der Waals surface area (Å²) in [6.07, 6.45) is 1.07. The van der Waals surface area contributed by atoms with Crippen molar-refractivity contribution in [2.45, 2.75) is 19.9 Å². The predicted molar refractivity (Wildman–Crippen MR) is 73.9 cm³/mol. The van der Waals surface area contributed by atoms with E-state index in [9.17, 15) is 0 Å². The highest BCUT2D eigenvalue weighted by Crippen LogP contribution is 2.27. The number of hydrogen-bond donors (Lipinski definition) is 1. The second kappa shape index (κ2) is 5.65. The Morgan fingerprint density at radius 1 is 1.41 bits per heavy atom. The smallest absolute Gasteiger partial charge is 0.0926 e. The van der Waals surface area contributed by atoms with E-state index < -0.39 is 0 Å². The summed E-state index contributed by atoms with van der Waals surface area (Å²) in [5, 5.41) is 6.98. The maximum absolute atomic E-state index is 4.65. The minimum absolute atomic E-state index is 0. The van der Waals surface area contributed by atoms with Gasteiger partial charge in [0.25, 0.3) is 0 Å². The third kappa shape index (κ3) is 2.81. The van der Waals surface area contributed by atoms with E-state index in [0.717, 1.165) is 24.8 Å². The molecule has 2 aliphatic rings. The van der Waals surface area contributed by atoms with Gasteiger partial charge in [-0.2, -0.15) is 0 Å². The fraction of sp³-hybridized carbons (Fsp3) is 0.750. The van der Waals surface area contributed by atoms with Crippen molar-refractivity contribution < 1.29 is 0 Å². The van der Waals surface area contributed by atoms with Crippen LogP contribution < -0.4 is 5.32 Å². The molecular formula is C12H20ClN3S. The Morgan fingerprint density at radius 3 is 2.71 bits per heavy atom. The third-order valence-electron chi connectivity index (χ3n) is 3.75. The maximum atomic E-state index is 4.65. The van der Waals surface area contributed by atoms with Gasteiger partial charge in [0.15, 0.2) is 0 Å². The minimum atomic E-state index is 0. The summed E-state index contributed by atoms with van der Waals surface area (Å²) in [4.78, 5) is 7.22. The van der Waals surface area contributed by atoms with Crippen LogP contribution >= 0.6 is 23.7 Å². The fourth-order valence-electron chi connectivity index (χ4n) is 2.89. The Bertz CT molecular complexity index is 356. The number of thiazole rings is 1. The molecule has 1 N–H and O–H groups in total. The van der Waals surface area contributed by atoms with E-state index in [-0.39, 0.29) is 12.4 Å². The molecule has 0 amide bonds. The number of likely N-dealkylation sites (tertiary alicyclic amines) is 1. The number of aromatic nitrogens is 1. The molecule has 1 aromatic heterocycles. The zero-order valence-corrected chi connectivity index (χ0v) is 11.8. The first kappa shape index (κ1) is 13.3. The predicted octanol–water partition coefficient (Wildman–Crippen LogP) is 1.78. The molecule has 1 aromatic rings. The summed E-state index contributed by atoms with van der Waals surface area (Å²) in [5.41, 5.74) is 1.27. The van der Waals surface area contributed by atoms with Crippen LogP contribution in [0.2, 0.25) is 0 Å². The summed E-state index contributed by atoms with van der Waals surface area (Å²) in [6.45, 7) is 8.20. The highest BCUT2D eigenvalue weighted by molar-refractivity contribution is 7.09. The van der Waals surface area contributed by atoms with Gasteiger partial charge in [-0.3, -0.25) is 4.90 Å². The molecule has 0 spiro atoms. The molecule has 0 unspecified atom stereocenters. The molecule has 3 heterocycles. The number of aryl methyl sites for hydroxylation is 1. The molecule has 3 rings (SSSR count). The van der Waals surface area contributed by atoms with E-state index in [1.54, 1.807) is 11.3 Å². The van der Waals surface area contributed by atoms with Gasteiger partial charge in [-0.05, 0) is 31.3 Å². The van der Waals surface area contributed by atoms with Crippen molar-refractivity contribution in [3.63, 3.8) is 0 Å². The van der Waals surface area contributed by atoms with Crippen LogP contribution in [0.3, 0.4) is 0 Å². The van der Waals surface area contributed by atoms with E-state index in [1.807, 2.05) is 0 Å². The number of hydrogen-bond acceptors (Lipinski definition) is 4. The largest absolute Gasteiger partial charge is 0.316 e. The van der Waals surface area contributed by atoms with E-state index in [0.29, 0.717) is 0 Å². The molecule has 0 bridgehead atoms. The SMILES string of the molecule is CCc1nc(CN2C[C@H]3CNC[C@H]3C2)cs1.Cl. The molecule has 0 aromatic carbocycles. The molecule has 2 atom stereocenters. The molecule has 96 valence electrons. The number of nitrogens with zero attached hydrogens (tertiary/aromatic N) is 2. The first-order valence-corrected chi connectivity index (χ1v) is 7.09. The quantitative estimate of drug-likeness (QED) is 0.910. The van der Waals surface area contributed by atoms with Crippen LogP contribution in [0.1, 0.15) is 17.6 Å². The fourth-order valence-corrected chi connectivity index (χ4v) is 3.63. The van der Waals surface area contributed by atoms with Crippen molar-refractivity contribution in [2.75, 3.05) is 26.2 Å². The minimum Gasteiger partial charge on any atom is -0.316 e. The van der Waals surface area contributed by atoms with E-state index in [2.05, 4.69) is 27.5 Å². The van der Waals surface area contributed by atoms with Gasteiger partial charge in [-0.25, -0.2) is 4.98 Å². The third-order valence-corrected chi connectivity index (χ3v) is 4.79. The first-order valence-electron chi connectivity index (χ1n) is 6.21. The van der Waals surface area contributed by atoms with Crippen LogP contribution in [0.25, 0.3) is 0 Å². The highest BCUT2D eigenvalue weighted by atomic mass is 35.5. The molecule has 2 aliphatic heterocycles.